The lowest BCUT2D eigenvalue weighted by Crippen LogP contribution is -2.17. The first kappa shape index (κ1) is 14.4. The first-order valence-corrected chi connectivity index (χ1v) is 6.11. The van der Waals surface area contributed by atoms with Gasteiger partial charge in [-0.25, -0.2) is 0 Å². The summed E-state index contributed by atoms with van der Waals surface area (Å²) in [5.74, 6) is 0. The van der Waals surface area contributed by atoms with Crippen LogP contribution in [0.25, 0.3) is 0 Å². The van der Waals surface area contributed by atoms with Gasteiger partial charge in [0.15, 0.2) is 0 Å². The van der Waals surface area contributed by atoms with E-state index in [2.05, 4.69) is 5.32 Å². The number of nitro groups is 1. The summed E-state index contributed by atoms with van der Waals surface area (Å²) in [5.41, 5.74) is 1.72. The quantitative estimate of drug-likeness (QED) is 0.598. The second-order valence-electron chi connectivity index (χ2n) is 4.28. The number of rotatable bonds is 7. The number of anilines is 1. The fourth-order valence-corrected chi connectivity index (χ4v) is 1.77. The van der Waals surface area contributed by atoms with Crippen molar-refractivity contribution in [1.29, 1.82) is 0 Å². The number of methoxy groups -OCH3 is 1. The molecule has 1 rings (SSSR count). The van der Waals surface area contributed by atoms with E-state index in [0.717, 1.165) is 17.7 Å². The Morgan fingerprint density at radius 1 is 1.50 bits per heavy atom. The minimum atomic E-state index is -0.330. The van der Waals surface area contributed by atoms with Gasteiger partial charge in [0.2, 0.25) is 0 Å². The van der Waals surface area contributed by atoms with Crippen molar-refractivity contribution in [2.45, 2.75) is 32.7 Å². The van der Waals surface area contributed by atoms with Crippen molar-refractivity contribution in [3.8, 4) is 0 Å². The van der Waals surface area contributed by atoms with Gasteiger partial charge in [0.05, 0.1) is 4.92 Å². The molecule has 0 bridgehead atoms. The molecule has 0 heterocycles. The van der Waals surface area contributed by atoms with Gasteiger partial charge in [-0.3, -0.25) is 10.1 Å². The van der Waals surface area contributed by atoms with Crippen LogP contribution in [0.4, 0.5) is 11.4 Å². The zero-order valence-corrected chi connectivity index (χ0v) is 11.1. The van der Waals surface area contributed by atoms with E-state index in [1.54, 1.807) is 13.2 Å². The molecule has 0 aromatic heterocycles. The first-order chi connectivity index (χ1) is 8.58. The van der Waals surface area contributed by atoms with Gasteiger partial charge in [0.25, 0.3) is 5.69 Å². The predicted octanol–water partition coefficient (Wildman–Crippen LogP) is 2.99. The molecule has 0 aliphatic carbocycles. The van der Waals surface area contributed by atoms with E-state index in [9.17, 15) is 10.1 Å². The molecule has 18 heavy (non-hydrogen) atoms. The molecule has 0 aliphatic rings. The second kappa shape index (κ2) is 6.96. The second-order valence-corrected chi connectivity index (χ2v) is 4.28. The summed E-state index contributed by atoms with van der Waals surface area (Å²) in [7, 11) is 1.66. The molecule has 100 valence electrons. The fourth-order valence-electron chi connectivity index (χ4n) is 1.77. The number of nitrogens with one attached hydrogen (secondary N) is 1. The summed E-state index contributed by atoms with van der Waals surface area (Å²) in [6.07, 6.45) is 1.52. The van der Waals surface area contributed by atoms with Crippen LogP contribution < -0.4 is 5.32 Å². The monoisotopic (exact) mass is 252 g/mol. The number of hydrogen-bond donors (Lipinski definition) is 1. The fraction of sp³-hybridized carbons (Fsp3) is 0.538. The topological polar surface area (TPSA) is 64.4 Å². The van der Waals surface area contributed by atoms with Crippen molar-refractivity contribution in [2.24, 2.45) is 0 Å². The molecule has 1 N–H and O–H groups in total. The van der Waals surface area contributed by atoms with Gasteiger partial charge >= 0.3 is 0 Å². The van der Waals surface area contributed by atoms with E-state index >= 15 is 0 Å². The molecular formula is C13H20N2O3. The van der Waals surface area contributed by atoms with Gasteiger partial charge in [0.1, 0.15) is 0 Å². The van der Waals surface area contributed by atoms with Gasteiger partial charge in [-0.15, -0.1) is 0 Å². The van der Waals surface area contributed by atoms with Gasteiger partial charge in [0, 0.05) is 37.1 Å². The largest absolute Gasteiger partial charge is 0.385 e. The molecule has 1 aromatic rings. The maximum Gasteiger partial charge on any atom is 0.274 e. The van der Waals surface area contributed by atoms with Crippen LogP contribution >= 0.6 is 0 Å². The maximum absolute atomic E-state index is 10.9. The minimum absolute atomic E-state index is 0.182. The summed E-state index contributed by atoms with van der Waals surface area (Å²) >= 11 is 0. The van der Waals surface area contributed by atoms with Gasteiger partial charge in [-0.05, 0) is 25.8 Å². The molecule has 0 spiro atoms. The van der Waals surface area contributed by atoms with Crippen LogP contribution in [-0.2, 0) is 11.2 Å². The van der Waals surface area contributed by atoms with Crippen molar-refractivity contribution in [3.05, 3.63) is 33.9 Å². The van der Waals surface area contributed by atoms with Crippen LogP contribution in [0.2, 0.25) is 0 Å². The Bertz CT molecular complexity index is 407. The SMILES string of the molecule is CCc1ccc(NC(C)CCOC)cc1[N+](=O)[O-]. The molecule has 0 saturated heterocycles. The average Bonchev–Trinajstić information content (AvgIpc) is 2.36. The highest BCUT2D eigenvalue weighted by molar-refractivity contribution is 5.55. The number of benzene rings is 1. The molecule has 0 aliphatic heterocycles. The van der Waals surface area contributed by atoms with E-state index in [1.807, 2.05) is 26.0 Å². The zero-order valence-electron chi connectivity index (χ0n) is 11.1. The van der Waals surface area contributed by atoms with E-state index in [-0.39, 0.29) is 16.7 Å². The Morgan fingerprint density at radius 3 is 2.78 bits per heavy atom. The number of ether oxygens (including phenoxy) is 1. The normalized spacial score (nSPS) is 12.2. The van der Waals surface area contributed by atoms with Crippen molar-refractivity contribution in [1.82, 2.24) is 0 Å². The van der Waals surface area contributed by atoms with Crippen molar-refractivity contribution in [2.75, 3.05) is 19.0 Å². The number of nitrogens with zero attached hydrogens (tertiary/aromatic N) is 1. The van der Waals surface area contributed by atoms with Gasteiger partial charge in [-0.2, -0.15) is 0 Å². The number of hydrogen-bond acceptors (Lipinski definition) is 4. The van der Waals surface area contributed by atoms with E-state index in [0.29, 0.717) is 13.0 Å². The summed E-state index contributed by atoms with van der Waals surface area (Å²) in [6.45, 7) is 4.61. The first-order valence-electron chi connectivity index (χ1n) is 6.11. The average molecular weight is 252 g/mol. The van der Waals surface area contributed by atoms with Crippen molar-refractivity contribution >= 4 is 11.4 Å². The molecular weight excluding hydrogens is 232 g/mol. The third-order valence-electron chi connectivity index (χ3n) is 2.83. The molecule has 0 amide bonds. The lowest BCUT2D eigenvalue weighted by molar-refractivity contribution is -0.385. The molecule has 0 saturated carbocycles. The van der Waals surface area contributed by atoms with Crippen LogP contribution in [0.15, 0.2) is 18.2 Å². The van der Waals surface area contributed by atoms with Crippen LogP contribution in [0.1, 0.15) is 25.8 Å². The molecule has 5 nitrogen and oxygen atoms in total. The Balaban J connectivity index is 2.78. The smallest absolute Gasteiger partial charge is 0.274 e. The molecule has 5 heteroatoms. The highest BCUT2D eigenvalue weighted by Crippen LogP contribution is 2.24. The van der Waals surface area contributed by atoms with Crippen molar-refractivity contribution in [3.63, 3.8) is 0 Å². The Morgan fingerprint density at radius 2 is 2.22 bits per heavy atom. The third-order valence-corrected chi connectivity index (χ3v) is 2.83. The third kappa shape index (κ3) is 4.00. The Hall–Kier alpha value is -1.62. The summed E-state index contributed by atoms with van der Waals surface area (Å²) in [5, 5.41) is 14.2. The molecule has 1 aromatic carbocycles. The Labute approximate surface area is 107 Å². The Kier molecular flexibility index (Phi) is 5.58. The summed E-state index contributed by atoms with van der Waals surface area (Å²) in [4.78, 5) is 10.6. The minimum Gasteiger partial charge on any atom is -0.385 e. The molecule has 0 fully saturated rings. The van der Waals surface area contributed by atoms with Crippen molar-refractivity contribution < 1.29 is 9.66 Å². The lowest BCUT2D eigenvalue weighted by Gasteiger charge is -2.15. The maximum atomic E-state index is 10.9. The van der Waals surface area contributed by atoms with Gasteiger partial charge < -0.3 is 10.1 Å². The number of aryl methyl sites for hydroxylation is 1. The summed E-state index contributed by atoms with van der Waals surface area (Å²) in [6, 6.07) is 5.51. The molecule has 0 radical (unpaired) electrons. The van der Waals surface area contributed by atoms with E-state index in [1.165, 1.54) is 0 Å². The standard InChI is InChI=1S/C13H20N2O3/c1-4-11-5-6-12(9-13(11)15(16)17)14-10(2)7-8-18-3/h5-6,9-10,14H,4,7-8H2,1-3H3. The summed E-state index contributed by atoms with van der Waals surface area (Å²) < 4.78 is 5.00. The van der Waals surface area contributed by atoms with Crippen LogP contribution in [-0.4, -0.2) is 24.7 Å². The van der Waals surface area contributed by atoms with E-state index < -0.39 is 0 Å². The predicted molar refractivity (Wildman–Crippen MR) is 72.1 cm³/mol. The van der Waals surface area contributed by atoms with E-state index in [4.69, 9.17) is 4.74 Å². The van der Waals surface area contributed by atoms with Gasteiger partial charge in [-0.1, -0.05) is 13.0 Å². The van der Waals surface area contributed by atoms with Crippen LogP contribution in [0.5, 0.6) is 0 Å². The van der Waals surface area contributed by atoms with Crippen LogP contribution in [0, 0.1) is 10.1 Å². The molecule has 1 atom stereocenters. The molecule has 1 unspecified atom stereocenters. The highest BCUT2D eigenvalue weighted by atomic mass is 16.6. The zero-order chi connectivity index (χ0) is 13.5. The highest BCUT2D eigenvalue weighted by Gasteiger charge is 2.13. The number of nitro benzene ring substituents is 1. The lowest BCUT2D eigenvalue weighted by atomic mass is 10.1. The van der Waals surface area contributed by atoms with Crippen LogP contribution in [0.3, 0.4) is 0 Å².